The Balaban J connectivity index is 1.32. The smallest absolute Gasteiger partial charge is 0.306 e. The van der Waals surface area contributed by atoms with Crippen LogP contribution in [0.5, 0.6) is 0 Å². The maximum absolute atomic E-state index is 13.3. The van der Waals surface area contributed by atoms with Crippen LogP contribution in [0.25, 0.3) is 0 Å². The third kappa shape index (κ3) is 4.73. The fourth-order valence-corrected chi connectivity index (χ4v) is 7.71. The minimum Gasteiger partial charge on any atom is -0.462 e. The first-order chi connectivity index (χ1) is 15.8. The quantitative estimate of drug-likeness (QED) is 0.284. The van der Waals surface area contributed by atoms with E-state index in [9.17, 15) is 14.4 Å². The van der Waals surface area contributed by atoms with Crippen LogP contribution in [0.2, 0.25) is 0 Å². The van der Waals surface area contributed by atoms with E-state index in [2.05, 4.69) is 20.8 Å². The number of rotatable bonds is 9. The molecule has 0 spiro atoms. The fraction of sp³-hybridized carbons (Fsp3) is 0.828. The molecule has 33 heavy (non-hydrogen) atoms. The summed E-state index contributed by atoms with van der Waals surface area (Å²) in [7, 11) is 0. The van der Waals surface area contributed by atoms with Gasteiger partial charge in [-0.1, -0.05) is 64.9 Å². The molecule has 3 fully saturated rings. The Hall–Kier alpha value is -1.45. The van der Waals surface area contributed by atoms with Gasteiger partial charge in [0.05, 0.1) is 0 Å². The van der Waals surface area contributed by atoms with Crippen molar-refractivity contribution in [2.75, 3.05) is 0 Å². The van der Waals surface area contributed by atoms with Crippen LogP contribution in [0.3, 0.4) is 0 Å². The molecule has 0 aromatic heterocycles. The molecule has 4 aliphatic carbocycles. The van der Waals surface area contributed by atoms with Gasteiger partial charge in [-0.3, -0.25) is 14.4 Å². The van der Waals surface area contributed by atoms with Crippen molar-refractivity contribution in [1.29, 1.82) is 0 Å². The predicted octanol–water partition coefficient (Wildman–Crippen LogP) is 6.75. The average Bonchev–Trinajstić information content (AvgIpc) is 3.09. The van der Waals surface area contributed by atoms with Crippen LogP contribution >= 0.6 is 0 Å². The highest BCUT2D eigenvalue weighted by Crippen LogP contribution is 2.63. The van der Waals surface area contributed by atoms with Gasteiger partial charge in [0.25, 0.3) is 0 Å². The number of unbranched alkanes of at least 4 members (excludes halogenated alkanes) is 6. The summed E-state index contributed by atoms with van der Waals surface area (Å²) in [5, 5.41) is 0. The zero-order valence-corrected chi connectivity index (χ0v) is 21.1. The van der Waals surface area contributed by atoms with Gasteiger partial charge >= 0.3 is 5.97 Å². The summed E-state index contributed by atoms with van der Waals surface area (Å²) in [6, 6.07) is 0. The number of fused-ring (bicyclic) bond motifs is 5. The molecule has 4 heteroatoms. The van der Waals surface area contributed by atoms with Gasteiger partial charge in [0.15, 0.2) is 5.78 Å². The van der Waals surface area contributed by atoms with Crippen molar-refractivity contribution in [2.45, 2.75) is 123 Å². The van der Waals surface area contributed by atoms with E-state index in [4.69, 9.17) is 4.74 Å². The zero-order chi connectivity index (χ0) is 23.6. The molecule has 4 nitrogen and oxygen atoms in total. The Morgan fingerprint density at radius 2 is 1.61 bits per heavy atom. The lowest BCUT2D eigenvalue weighted by molar-refractivity contribution is -0.152. The number of hydrogen-bond acceptors (Lipinski definition) is 4. The molecule has 0 unspecified atom stereocenters. The lowest BCUT2D eigenvalue weighted by atomic mass is 9.48. The Kier molecular flexibility index (Phi) is 7.50. The molecule has 3 saturated carbocycles. The van der Waals surface area contributed by atoms with Gasteiger partial charge in [-0.05, 0) is 61.9 Å². The Bertz CT molecular complexity index is 797. The highest BCUT2D eigenvalue weighted by Gasteiger charge is 2.61. The fourth-order valence-electron chi connectivity index (χ4n) is 7.71. The van der Waals surface area contributed by atoms with Crippen molar-refractivity contribution in [3.05, 3.63) is 11.6 Å². The van der Waals surface area contributed by atoms with E-state index in [1.54, 1.807) is 0 Å². The van der Waals surface area contributed by atoms with Gasteiger partial charge in [0.2, 0.25) is 0 Å². The van der Waals surface area contributed by atoms with Crippen molar-refractivity contribution < 1.29 is 19.1 Å². The van der Waals surface area contributed by atoms with Crippen LogP contribution in [0.1, 0.15) is 117 Å². The minimum absolute atomic E-state index is 0.000349. The Labute approximate surface area is 200 Å². The minimum atomic E-state index is -0.290. The topological polar surface area (TPSA) is 60.4 Å². The summed E-state index contributed by atoms with van der Waals surface area (Å²) in [6.07, 6.45) is 16.6. The molecule has 0 heterocycles. The number of Topliss-reactive ketones (excluding diaryl/α,β-unsaturated/α-hetero) is 1. The third-order valence-corrected chi connectivity index (χ3v) is 9.89. The van der Waals surface area contributed by atoms with E-state index in [1.165, 1.54) is 37.7 Å². The van der Waals surface area contributed by atoms with Crippen molar-refractivity contribution in [3.8, 4) is 0 Å². The molecule has 6 atom stereocenters. The summed E-state index contributed by atoms with van der Waals surface area (Å²) in [5.74, 6) is 1.07. The molecule has 0 aliphatic heterocycles. The van der Waals surface area contributed by atoms with Crippen LogP contribution in [0.15, 0.2) is 11.6 Å². The molecular weight excluding hydrogens is 412 g/mol. The van der Waals surface area contributed by atoms with Gasteiger partial charge in [-0.2, -0.15) is 0 Å². The van der Waals surface area contributed by atoms with Crippen LogP contribution in [-0.4, -0.2) is 23.6 Å². The van der Waals surface area contributed by atoms with Gasteiger partial charge < -0.3 is 4.74 Å². The summed E-state index contributed by atoms with van der Waals surface area (Å²) in [5.41, 5.74) is 0.912. The molecular formula is C29H44O4. The molecule has 4 aliphatic rings. The van der Waals surface area contributed by atoms with Gasteiger partial charge in [0, 0.05) is 30.6 Å². The molecule has 0 N–H and O–H groups in total. The van der Waals surface area contributed by atoms with Crippen molar-refractivity contribution in [2.24, 2.45) is 28.6 Å². The van der Waals surface area contributed by atoms with E-state index in [0.29, 0.717) is 31.0 Å². The van der Waals surface area contributed by atoms with Gasteiger partial charge in [0.1, 0.15) is 11.9 Å². The molecule has 0 aromatic rings. The molecule has 0 amide bonds. The van der Waals surface area contributed by atoms with E-state index < -0.39 is 0 Å². The van der Waals surface area contributed by atoms with Crippen molar-refractivity contribution >= 4 is 17.5 Å². The number of esters is 1. The lowest BCUT2D eigenvalue weighted by Crippen LogP contribution is -2.53. The first-order valence-corrected chi connectivity index (χ1v) is 13.8. The summed E-state index contributed by atoms with van der Waals surface area (Å²) >= 11 is 0. The van der Waals surface area contributed by atoms with E-state index in [-0.39, 0.29) is 40.5 Å². The number of carbonyl (C=O) groups is 3. The predicted molar refractivity (Wildman–Crippen MR) is 130 cm³/mol. The molecule has 184 valence electrons. The van der Waals surface area contributed by atoms with Gasteiger partial charge in [-0.15, -0.1) is 0 Å². The number of hydrogen-bond donors (Lipinski definition) is 0. The first kappa shape index (κ1) is 24.7. The normalized spacial score (nSPS) is 37.7. The lowest BCUT2D eigenvalue weighted by Gasteiger charge is -2.56. The number of carbonyl (C=O) groups excluding carboxylic acids is 3. The van der Waals surface area contributed by atoms with E-state index in [0.717, 1.165) is 44.9 Å². The highest BCUT2D eigenvalue weighted by molar-refractivity contribution is 5.96. The zero-order valence-electron chi connectivity index (χ0n) is 21.1. The second kappa shape index (κ2) is 10.0. The molecule has 0 aromatic carbocycles. The van der Waals surface area contributed by atoms with Crippen LogP contribution < -0.4 is 0 Å². The first-order valence-electron chi connectivity index (χ1n) is 13.8. The summed E-state index contributed by atoms with van der Waals surface area (Å²) in [6.45, 7) is 6.67. The molecule has 4 rings (SSSR count). The standard InChI is InChI=1S/C29H44O4/c1-4-5-6-7-8-9-10-11-26(32)33-21-14-16-28(2)20(18-21)19-24(30)27-22-12-13-25(31)29(22,3)17-15-23(27)28/h19,21-23,27H,4-18H2,1-3H3/t21-,22-,23-,27-,28-,29-/m0/s1. The van der Waals surface area contributed by atoms with Crippen LogP contribution in [0, 0.1) is 28.6 Å². The third-order valence-electron chi connectivity index (χ3n) is 9.89. The second-order valence-electron chi connectivity index (χ2n) is 11.9. The Morgan fingerprint density at radius 1 is 0.939 bits per heavy atom. The molecule has 0 bridgehead atoms. The molecule has 0 saturated heterocycles. The largest absolute Gasteiger partial charge is 0.462 e. The average molecular weight is 457 g/mol. The SMILES string of the molecule is CCCCCCCCCC(=O)O[C@H]1CC[C@@]2(C)C(=CC(=O)[C@@H]3[C@@H]2CC[C@]2(C)C(=O)CC[C@@H]32)C1. The van der Waals surface area contributed by atoms with Crippen molar-refractivity contribution in [3.63, 3.8) is 0 Å². The number of allylic oxidation sites excluding steroid dienone is 1. The molecule has 0 radical (unpaired) electrons. The Morgan fingerprint density at radius 3 is 2.36 bits per heavy atom. The maximum atomic E-state index is 13.3. The van der Waals surface area contributed by atoms with Gasteiger partial charge in [-0.25, -0.2) is 0 Å². The summed E-state index contributed by atoms with van der Waals surface area (Å²) < 4.78 is 5.87. The van der Waals surface area contributed by atoms with E-state index >= 15 is 0 Å². The second-order valence-corrected chi connectivity index (χ2v) is 11.9. The van der Waals surface area contributed by atoms with Crippen molar-refractivity contribution in [1.82, 2.24) is 0 Å². The highest BCUT2D eigenvalue weighted by atomic mass is 16.5. The number of ketones is 2. The maximum Gasteiger partial charge on any atom is 0.306 e. The van der Waals surface area contributed by atoms with E-state index in [1.807, 2.05) is 6.08 Å². The monoisotopic (exact) mass is 456 g/mol. The summed E-state index contributed by atoms with van der Waals surface area (Å²) in [4.78, 5) is 38.3. The number of ether oxygens (including phenoxy) is 1. The van der Waals surface area contributed by atoms with Crippen LogP contribution in [0.4, 0.5) is 0 Å². The van der Waals surface area contributed by atoms with Crippen LogP contribution in [-0.2, 0) is 19.1 Å².